The van der Waals surface area contributed by atoms with E-state index in [0.717, 1.165) is 30.7 Å². The maximum atomic E-state index is 12.5. The molecule has 3 rings (SSSR count). The van der Waals surface area contributed by atoms with Gasteiger partial charge in [0, 0.05) is 36.0 Å². The number of likely N-dealkylation sites (tertiary alicyclic amines) is 1. The third-order valence-electron chi connectivity index (χ3n) is 5.10. The molecule has 1 atom stereocenters. The van der Waals surface area contributed by atoms with Crippen molar-refractivity contribution in [3.05, 3.63) is 52.2 Å². The van der Waals surface area contributed by atoms with Crippen molar-refractivity contribution in [2.75, 3.05) is 13.1 Å². The fourth-order valence-corrected chi connectivity index (χ4v) is 4.17. The fourth-order valence-electron chi connectivity index (χ4n) is 3.56. The highest BCUT2D eigenvalue weighted by Gasteiger charge is 2.24. The number of amides is 2. The highest BCUT2D eigenvalue weighted by atomic mass is 32.1. The van der Waals surface area contributed by atoms with Gasteiger partial charge in [-0.1, -0.05) is 19.1 Å². The number of ether oxygens (including phenoxy) is 1. The van der Waals surface area contributed by atoms with E-state index in [9.17, 15) is 9.59 Å². The SMILES string of the molecule is CC[C@@H]1CCCCN1C(=O)CCNC(=O)c1cccc(OCc2cccs2)c1. The number of thiophene rings is 1. The number of piperidine rings is 1. The molecule has 0 radical (unpaired) electrons. The molecule has 2 aromatic rings. The van der Waals surface area contributed by atoms with Crippen LogP contribution in [0, 0.1) is 0 Å². The highest BCUT2D eigenvalue weighted by molar-refractivity contribution is 7.09. The predicted molar refractivity (Wildman–Crippen MR) is 112 cm³/mol. The zero-order valence-corrected chi connectivity index (χ0v) is 17.2. The highest BCUT2D eigenvalue weighted by Crippen LogP contribution is 2.20. The lowest BCUT2D eigenvalue weighted by Gasteiger charge is -2.35. The van der Waals surface area contributed by atoms with Gasteiger partial charge in [0.15, 0.2) is 0 Å². The molecule has 1 aromatic carbocycles. The average Bonchev–Trinajstić information content (AvgIpc) is 3.26. The molecule has 0 bridgehead atoms. The van der Waals surface area contributed by atoms with Crippen LogP contribution >= 0.6 is 11.3 Å². The van der Waals surface area contributed by atoms with Gasteiger partial charge in [-0.15, -0.1) is 11.3 Å². The normalized spacial score (nSPS) is 16.6. The molecule has 1 fully saturated rings. The Bertz CT molecular complexity index is 776. The third kappa shape index (κ3) is 5.58. The average molecular weight is 401 g/mol. The zero-order chi connectivity index (χ0) is 19.8. The summed E-state index contributed by atoms with van der Waals surface area (Å²) in [6.45, 7) is 3.82. The zero-order valence-electron chi connectivity index (χ0n) is 16.4. The van der Waals surface area contributed by atoms with E-state index in [2.05, 4.69) is 12.2 Å². The second-order valence-electron chi connectivity index (χ2n) is 7.05. The van der Waals surface area contributed by atoms with Crippen molar-refractivity contribution in [3.8, 4) is 5.75 Å². The number of benzene rings is 1. The number of rotatable bonds is 8. The largest absolute Gasteiger partial charge is 0.488 e. The van der Waals surface area contributed by atoms with Crippen LogP contribution < -0.4 is 10.1 Å². The number of carbonyl (C=O) groups excluding carboxylic acids is 2. The van der Waals surface area contributed by atoms with E-state index in [1.165, 1.54) is 6.42 Å². The van der Waals surface area contributed by atoms with Crippen LogP contribution in [0.2, 0.25) is 0 Å². The van der Waals surface area contributed by atoms with Crippen LogP contribution in [0.1, 0.15) is 54.3 Å². The molecule has 0 saturated carbocycles. The fraction of sp³-hybridized carbons (Fsp3) is 0.455. The molecule has 28 heavy (non-hydrogen) atoms. The van der Waals surface area contributed by atoms with Crippen molar-refractivity contribution in [2.45, 2.75) is 51.7 Å². The lowest BCUT2D eigenvalue weighted by molar-refractivity contribution is -0.134. The molecule has 1 aromatic heterocycles. The predicted octanol–water partition coefficient (Wildman–Crippen LogP) is 4.24. The maximum Gasteiger partial charge on any atom is 0.251 e. The first kappa shape index (κ1) is 20.4. The van der Waals surface area contributed by atoms with E-state index in [1.54, 1.807) is 23.5 Å². The molecule has 0 unspecified atom stereocenters. The third-order valence-corrected chi connectivity index (χ3v) is 5.95. The van der Waals surface area contributed by atoms with Gasteiger partial charge >= 0.3 is 0 Å². The molecular formula is C22H28N2O3S. The van der Waals surface area contributed by atoms with Crippen molar-refractivity contribution in [3.63, 3.8) is 0 Å². The van der Waals surface area contributed by atoms with Crippen LogP contribution in [0.25, 0.3) is 0 Å². The van der Waals surface area contributed by atoms with Gasteiger partial charge in [0.05, 0.1) is 0 Å². The van der Waals surface area contributed by atoms with Crippen LogP contribution in [0.4, 0.5) is 0 Å². The van der Waals surface area contributed by atoms with Crippen molar-refractivity contribution in [1.29, 1.82) is 0 Å². The molecule has 150 valence electrons. The summed E-state index contributed by atoms with van der Waals surface area (Å²) >= 11 is 1.64. The van der Waals surface area contributed by atoms with Crippen LogP contribution in [0.5, 0.6) is 5.75 Å². The first-order valence-electron chi connectivity index (χ1n) is 10.00. The van der Waals surface area contributed by atoms with E-state index in [4.69, 9.17) is 4.74 Å². The first-order chi connectivity index (χ1) is 13.7. The van der Waals surface area contributed by atoms with Gasteiger partial charge < -0.3 is 15.0 Å². The number of nitrogens with zero attached hydrogens (tertiary/aromatic N) is 1. The monoisotopic (exact) mass is 400 g/mol. The summed E-state index contributed by atoms with van der Waals surface area (Å²) in [5.41, 5.74) is 0.542. The molecular weight excluding hydrogens is 372 g/mol. The lowest BCUT2D eigenvalue weighted by atomic mass is 9.99. The summed E-state index contributed by atoms with van der Waals surface area (Å²) in [6, 6.07) is 11.5. The molecule has 0 spiro atoms. The Morgan fingerprint density at radius 3 is 2.93 bits per heavy atom. The second-order valence-corrected chi connectivity index (χ2v) is 8.08. The summed E-state index contributed by atoms with van der Waals surface area (Å²) in [7, 11) is 0. The van der Waals surface area contributed by atoms with Crippen LogP contribution in [0.15, 0.2) is 41.8 Å². The minimum Gasteiger partial charge on any atom is -0.488 e. The Balaban J connectivity index is 1.46. The van der Waals surface area contributed by atoms with Gasteiger partial charge in [-0.3, -0.25) is 9.59 Å². The van der Waals surface area contributed by atoms with Crippen LogP contribution in [-0.2, 0) is 11.4 Å². The van der Waals surface area contributed by atoms with E-state index in [-0.39, 0.29) is 11.8 Å². The van der Waals surface area contributed by atoms with E-state index in [1.807, 2.05) is 34.5 Å². The van der Waals surface area contributed by atoms with Gasteiger partial charge in [0.25, 0.3) is 5.91 Å². The van der Waals surface area contributed by atoms with Crippen molar-refractivity contribution in [2.24, 2.45) is 0 Å². The number of hydrogen-bond acceptors (Lipinski definition) is 4. The standard InChI is InChI=1S/C22H28N2O3S/c1-2-18-8-3-4-13-24(18)21(25)11-12-23-22(26)17-7-5-9-19(15-17)27-16-20-10-6-14-28-20/h5-7,9-10,14-15,18H,2-4,8,11-13,16H2,1H3,(H,23,26)/t18-/m1/s1. The molecule has 1 saturated heterocycles. The second kappa shape index (κ2) is 10.3. The smallest absolute Gasteiger partial charge is 0.251 e. The van der Waals surface area contributed by atoms with E-state index in [0.29, 0.717) is 36.9 Å². The van der Waals surface area contributed by atoms with Crippen molar-refractivity contribution in [1.82, 2.24) is 10.2 Å². The summed E-state index contributed by atoms with van der Waals surface area (Å²) in [4.78, 5) is 28.0. The maximum absolute atomic E-state index is 12.5. The van der Waals surface area contributed by atoms with Gasteiger partial charge in [-0.2, -0.15) is 0 Å². The van der Waals surface area contributed by atoms with Gasteiger partial charge in [0.1, 0.15) is 12.4 Å². The molecule has 2 amide bonds. The number of hydrogen-bond donors (Lipinski definition) is 1. The summed E-state index contributed by atoms with van der Waals surface area (Å²) in [6.07, 6.45) is 4.71. The number of carbonyl (C=O) groups is 2. The Hall–Kier alpha value is -2.34. The van der Waals surface area contributed by atoms with Crippen LogP contribution in [0.3, 0.4) is 0 Å². The van der Waals surface area contributed by atoms with Crippen LogP contribution in [-0.4, -0.2) is 35.8 Å². The Morgan fingerprint density at radius 1 is 1.25 bits per heavy atom. The summed E-state index contributed by atoms with van der Waals surface area (Å²) in [5, 5.41) is 4.87. The molecule has 1 aliphatic rings. The Morgan fingerprint density at radius 2 is 2.14 bits per heavy atom. The molecule has 5 nitrogen and oxygen atoms in total. The molecule has 0 aliphatic carbocycles. The topological polar surface area (TPSA) is 58.6 Å². The number of nitrogens with one attached hydrogen (secondary N) is 1. The lowest BCUT2D eigenvalue weighted by Crippen LogP contribution is -2.44. The first-order valence-corrected chi connectivity index (χ1v) is 10.9. The summed E-state index contributed by atoms with van der Waals surface area (Å²) in [5.74, 6) is 0.621. The quantitative estimate of drug-likeness (QED) is 0.721. The minimum atomic E-state index is -0.181. The minimum absolute atomic E-state index is 0.139. The van der Waals surface area contributed by atoms with Gasteiger partial charge in [0.2, 0.25) is 5.91 Å². The van der Waals surface area contributed by atoms with Crippen molar-refractivity contribution >= 4 is 23.2 Å². The van der Waals surface area contributed by atoms with E-state index >= 15 is 0 Å². The van der Waals surface area contributed by atoms with Crippen molar-refractivity contribution < 1.29 is 14.3 Å². The molecule has 2 heterocycles. The molecule has 1 aliphatic heterocycles. The van der Waals surface area contributed by atoms with Gasteiger partial charge in [-0.05, 0) is 55.3 Å². The Kier molecular flexibility index (Phi) is 7.48. The van der Waals surface area contributed by atoms with Gasteiger partial charge in [-0.25, -0.2) is 0 Å². The molecule has 6 heteroatoms. The summed E-state index contributed by atoms with van der Waals surface area (Å²) < 4.78 is 5.76. The van der Waals surface area contributed by atoms with E-state index < -0.39 is 0 Å². The molecule has 1 N–H and O–H groups in total. The Labute approximate surface area is 170 Å².